The Morgan fingerprint density at radius 3 is 2.85 bits per heavy atom. The number of hydrogen-bond acceptors (Lipinski definition) is 4. The van der Waals surface area contributed by atoms with Crippen LogP contribution in [0.3, 0.4) is 0 Å². The van der Waals surface area contributed by atoms with E-state index in [1.807, 2.05) is 37.5 Å². The van der Waals surface area contributed by atoms with Gasteiger partial charge < -0.3 is 10.1 Å². The zero-order valence-electron chi connectivity index (χ0n) is 11.7. The average Bonchev–Trinajstić information content (AvgIpc) is 2.56. The van der Waals surface area contributed by atoms with Gasteiger partial charge in [-0.2, -0.15) is 0 Å². The molecule has 1 fully saturated rings. The molecule has 2 aromatic rings. The molecule has 1 aromatic heterocycles. The predicted octanol–water partition coefficient (Wildman–Crippen LogP) is 3.08. The summed E-state index contributed by atoms with van der Waals surface area (Å²) in [5.74, 6) is 1.30. The van der Waals surface area contributed by atoms with E-state index < -0.39 is 0 Å². The minimum absolute atomic E-state index is 0.498. The van der Waals surface area contributed by atoms with Crippen LogP contribution in [0.1, 0.15) is 24.5 Å². The Morgan fingerprint density at radius 2 is 2.05 bits per heavy atom. The van der Waals surface area contributed by atoms with E-state index in [9.17, 15) is 0 Å². The summed E-state index contributed by atoms with van der Waals surface area (Å²) in [6, 6.07) is 10.2. The van der Waals surface area contributed by atoms with Crippen molar-refractivity contribution in [2.75, 3.05) is 25.6 Å². The second kappa shape index (κ2) is 6.01. The Hall–Kier alpha value is -1.94. The van der Waals surface area contributed by atoms with E-state index in [0.29, 0.717) is 5.92 Å². The zero-order valence-corrected chi connectivity index (χ0v) is 11.7. The van der Waals surface area contributed by atoms with Crippen LogP contribution in [0, 0.1) is 0 Å². The van der Waals surface area contributed by atoms with Gasteiger partial charge in [0.2, 0.25) is 0 Å². The molecule has 1 aliphatic rings. The number of anilines is 1. The lowest BCUT2D eigenvalue weighted by Gasteiger charge is -2.21. The van der Waals surface area contributed by atoms with Crippen LogP contribution in [0.4, 0.5) is 5.69 Å². The van der Waals surface area contributed by atoms with Gasteiger partial charge in [0.1, 0.15) is 0 Å². The Labute approximate surface area is 119 Å². The summed E-state index contributed by atoms with van der Waals surface area (Å²) in [6.07, 6.45) is 3.96. The molecule has 0 amide bonds. The lowest BCUT2D eigenvalue weighted by atomic mass is 9.96. The molecule has 0 spiro atoms. The van der Waals surface area contributed by atoms with Gasteiger partial charge in [-0.1, -0.05) is 12.1 Å². The van der Waals surface area contributed by atoms with E-state index in [-0.39, 0.29) is 0 Å². The normalized spacial score (nSPS) is 16.1. The fraction of sp³-hybridized carbons (Fsp3) is 0.375. The quantitative estimate of drug-likeness (QED) is 0.930. The third-order valence-electron chi connectivity index (χ3n) is 3.73. The molecule has 0 atom stereocenters. The van der Waals surface area contributed by atoms with E-state index in [1.165, 1.54) is 0 Å². The van der Waals surface area contributed by atoms with Crippen molar-refractivity contribution < 1.29 is 4.74 Å². The minimum Gasteiger partial charge on any atom is -0.388 e. The molecular formula is C16H19N3O. The van der Waals surface area contributed by atoms with Crippen molar-refractivity contribution in [2.45, 2.75) is 18.8 Å². The number of benzene rings is 1. The molecule has 0 saturated carbocycles. The fourth-order valence-corrected chi connectivity index (χ4v) is 2.55. The summed E-state index contributed by atoms with van der Waals surface area (Å²) in [6.45, 7) is 1.67. The summed E-state index contributed by atoms with van der Waals surface area (Å²) < 4.78 is 5.41. The molecule has 3 rings (SSSR count). The van der Waals surface area contributed by atoms with Gasteiger partial charge in [0.05, 0.1) is 0 Å². The third-order valence-corrected chi connectivity index (χ3v) is 3.73. The van der Waals surface area contributed by atoms with Gasteiger partial charge in [-0.25, -0.2) is 9.97 Å². The lowest BCUT2D eigenvalue weighted by molar-refractivity contribution is 0.0845. The van der Waals surface area contributed by atoms with Crippen LogP contribution >= 0.6 is 0 Å². The van der Waals surface area contributed by atoms with Crippen molar-refractivity contribution >= 4 is 5.69 Å². The van der Waals surface area contributed by atoms with Crippen LogP contribution in [0.15, 0.2) is 36.5 Å². The average molecular weight is 269 g/mol. The van der Waals surface area contributed by atoms with Crippen molar-refractivity contribution in [1.82, 2.24) is 9.97 Å². The highest BCUT2D eigenvalue weighted by Crippen LogP contribution is 2.27. The minimum atomic E-state index is 0.498. The molecule has 0 radical (unpaired) electrons. The topological polar surface area (TPSA) is 47.0 Å². The Balaban J connectivity index is 1.89. The van der Waals surface area contributed by atoms with Gasteiger partial charge >= 0.3 is 0 Å². The first kappa shape index (κ1) is 13.1. The maximum Gasteiger partial charge on any atom is 0.159 e. The molecule has 1 saturated heterocycles. The second-order valence-corrected chi connectivity index (χ2v) is 5.02. The summed E-state index contributed by atoms with van der Waals surface area (Å²) in [7, 11) is 1.92. The van der Waals surface area contributed by atoms with Gasteiger partial charge in [-0.15, -0.1) is 0 Å². The largest absolute Gasteiger partial charge is 0.388 e. The van der Waals surface area contributed by atoms with Crippen LogP contribution in [0.2, 0.25) is 0 Å². The summed E-state index contributed by atoms with van der Waals surface area (Å²) in [4.78, 5) is 9.16. The van der Waals surface area contributed by atoms with E-state index in [2.05, 4.69) is 16.4 Å². The lowest BCUT2D eigenvalue weighted by Crippen LogP contribution is -2.15. The van der Waals surface area contributed by atoms with Gasteiger partial charge in [0, 0.05) is 49.3 Å². The second-order valence-electron chi connectivity index (χ2n) is 5.02. The fourth-order valence-electron chi connectivity index (χ4n) is 2.55. The number of nitrogens with zero attached hydrogens (tertiary/aromatic N) is 2. The van der Waals surface area contributed by atoms with Crippen LogP contribution in [-0.2, 0) is 4.74 Å². The number of nitrogens with one attached hydrogen (secondary N) is 1. The highest BCUT2D eigenvalue weighted by atomic mass is 16.5. The van der Waals surface area contributed by atoms with Gasteiger partial charge in [-0.3, -0.25) is 0 Å². The van der Waals surface area contributed by atoms with Gasteiger partial charge in [-0.05, 0) is 31.0 Å². The number of hydrogen-bond donors (Lipinski definition) is 1. The molecule has 4 nitrogen and oxygen atoms in total. The van der Waals surface area contributed by atoms with Crippen molar-refractivity contribution in [3.63, 3.8) is 0 Å². The highest BCUT2D eigenvalue weighted by molar-refractivity contribution is 5.62. The maximum absolute atomic E-state index is 5.41. The van der Waals surface area contributed by atoms with Crippen LogP contribution < -0.4 is 5.32 Å². The van der Waals surface area contributed by atoms with Crippen molar-refractivity contribution in [3.8, 4) is 11.4 Å². The molecule has 1 aliphatic heterocycles. The molecule has 0 unspecified atom stereocenters. The molecule has 1 N–H and O–H groups in total. The van der Waals surface area contributed by atoms with Crippen molar-refractivity contribution in [3.05, 3.63) is 42.2 Å². The van der Waals surface area contributed by atoms with E-state index in [1.54, 1.807) is 0 Å². The zero-order chi connectivity index (χ0) is 13.8. The Kier molecular flexibility index (Phi) is 3.92. The first-order valence-corrected chi connectivity index (χ1v) is 7.05. The molecule has 20 heavy (non-hydrogen) atoms. The van der Waals surface area contributed by atoms with E-state index in [4.69, 9.17) is 9.72 Å². The molecule has 104 valence electrons. The first-order chi connectivity index (χ1) is 9.86. The number of ether oxygens (including phenoxy) is 1. The monoisotopic (exact) mass is 269 g/mol. The molecular weight excluding hydrogens is 250 g/mol. The van der Waals surface area contributed by atoms with Crippen LogP contribution in [-0.4, -0.2) is 30.2 Å². The summed E-state index contributed by atoms with van der Waals surface area (Å²) in [5.41, 5.74) is 3.25. The van der Waals surface area contributed by atoms with E-state index >= 15 is 0 Å². The molecule has 2 heterocycles. The molecule has 0 bridgehead atoms. The molecule has 4 heteroatoms. The van der Waals surface area contributed by atoms with Crippen LogP contribution in [0.25, 0.3) is 11.4 Å². The number of aromatic nitrogens is 2. The molecule has 1 aromatic carbocycles. The van der Waals surface area contributed by atoms with E-state index in [0.717, 1.165) is 48.8 Å². The maximum atomic E-state index is 5.41. The van der Waals surface area contributed by atoms with Gasteiger partial charge in [0.25, 0.3) is 0 Å². The predicted molar refractivity (Wildman–Crippen MR) is 79.8 cm³/mol. The number of rotatable bonds is 3. The van der Waals surface area contributed by atoms with Gasteiger partial charge in [0.15, 0.2) is 5.82 Å². The Morgan fingerprint density at radius 1 is 1.20 bits per heavy atom. The highest BCUT2D eigenvalue weighted by Gasteiger charge is 2.17. The Bertz CT molecular complexity index is 579. The SMILES string of the molecule is CNc1cccc(-c2nccc(C3CCOCC3)n2)c1. The first-order valence-electron chi connectivity index (χ1n) is 7.05. The van der Waals surface area contributed by atoms with Crippen molar-refractivity contribution in [2.24, 2.45) is 0 Å². The van der Waals surface area contributed by atoms with Crippen LogP contribution in [0.5, 0.6) is 0 Å². The van der Waals surface area contributed by atoms with Crippen molar-refractivity contribution in [1.29, 1.82) is 0 Å². The smallest absolute Gasteiger partial charge is 0.159 e. The summed E-state index contributed by atoms with van der Waals surface area (Å²) in [5, 5.41) is 3.14. The third kappa shape index (κ3) is 2.80. The summed E-state index contributed by atoms with van der Waals surface area (Å²) >= 11 is 0. The standard InChI is InChI=1S/C16H19N3O/c1-17-14-4-2-3-13(11-14)16-18-8-5-15(19-16)12-6-9-20-10-7-12/h2-5,8,11-12,17H,6-7,9-10H2,1H3. The molecule has 0 aliphatic carbocycles.